The largest absolute Gasteiger partial charge is 0.490 e. The average Bonchev–Trinajstić information content (AvgIpc) is 2.57. The molecule has 1 aromatic rings. The summed E-state index contributed by atoms with van der Waals surface area (Å²) in [5, 5.41) is 0. The number of hydrogen-bond donors (Lipinski definition) is 0. The van der Waals surface area contributed by atoms with Gasteiger partial charge in [-0.1, -0.05) is 12.8 Å². The first kappa shape index (κ1) is 13.7. The molecule has 100 valence electrons. The topological polar surface area (TPSA) is 43.4 Å². The fourth-order valence-corrected chi connectivity index (χ4v) is 3.00. The molecule has 0 unspecified atom stereocenters. The smallest absolute Gasteiger partial charge is 0.261 e. The molecular weight excluding hydrogens is 272 g/mol. The standard InChI is InChI=1S/C13H17ClO3S/c14-18(15,16)13-9-7-12(8-10-13)17-11-5-3-1-2-4-6-11/h7-11H,1-6H2. The Labute approximate surface area is 113 Å². The van der Waals surface area contributed by atoms with Crippen molar-refractivity contribution in [2.24, 2.45) is 0 Å². The highest BCUT2D eigenvalue weighted by Crippen LogP contribution is 2.24. The predicted octanol–water partition coefficient (Wildman–Crippen LogP) is 3.72. The summed E-state index contributed by atoms with van der Waals surface area (Å²) in [5.41, 5.74) is 0. The maximum atomic E-state index is 11.1. The first-order valence-electron chi connectivity index (χ1n) is 6.27. The van der Waals surface area contributed by atoms with Crippen molar-refractivity contribution in [3.8, 4) is 5.75 Å². The van der Waals surface area contributed by atoms with E-state index in [1.54, 1.807) is 12.1 Å². The van der Waals surface area contributed by atoms with Gasteiger partial charge in [0.05, 0.1) is 11.0 Å². The van der Waals surface area contributed by atoms with Crippen molar-refractivity contribution in [3.63, 3.8) is 0 Å². The Balaban J connectivity index is 2.01. The van der Waals surface area contributed by atoms with E-state index < -0.39 is 9.05 Å². The van der Waals surface area contributed by atoms with Crippen molar-refractivity contribution in [2.75, 3.05) is 0 Å². The molecule has 1 aliphatic carbocycles. The molecule has 2 rings (SSSR count). The molecule has 0 radical (unpaired) electrons. The molecule has 18 heavy (non-hydrogen) atoms. The molecule has 1 aliphatic rings. The van der Waals surface area contributed by atoms with Crippen molar-refractivity contribution < 1.29 is 13.2 Å². The predicted molar refractivity (Wildman–Crippen MR) is 71.6 cm³/mol. The normalized spacial score (nSPS) is 18.3. The van der Waals surface area contributed by atoms with E-state index in [0.29, 0.717) is 5.75 Å². The first-order valence-corrected chi connectivity index (χ1v) is 8.58. The minimum atomic E-state index is -3.64. The van der Waals surface area contributed by atoms with Gasteiger partial charge in [-0.05, 0) is 49.9 Å². The lowest BCUT2D eigenvalue weighted by Gasteiger charge is -2.16. The fourth-order valence-electron chi connectivity index (χ4n) is 2.23. The minimum Gasteiger partial charge on any atom is -0.490 e. The summed E-state index contributed by atoms with van der Waals surface area (Å²) in [5.74, 6) is 0.714. The zero-order chi connectivity index (χ0) is 13.0. The summed E-state index contributed by atoms with van der Waals surface area (Å²) in [6, 6.07) is 6.29. The van der Waals surface area contributed by atoms with E-state index in [-0.39, 0.29) is 11.0 Å². The first-order chi connectivity index (χ1) is 8.55. The van der Waals surface area contributed by atoms with Crippen molar-refractivity contribution in [2.45, 2.75) is 49.5 Å². The van der Waals surface area contributed by atoms with E-state index >= 15 is 0 Å². The van der Waals surface area contributed by atoms with Crippen LogP contribution in [0.25, 0.3) is 0 Å². The minimum absolute atomic E-state index is 0.109. The van der Waals surface area contributed by atoms with Crippen LogP contribution in [0.1, 0.15) is 38.5 Å². The Morgan fingerprint density at radius 2 is 1.56 bits per heavy atom. The van der Waals surface area contributed by atoms with Crippen LogP contribution in [-0.2, 0) is 9.05 Å². The summed E-state index contributed by atoms with van der Waals surface area (Å²) in [7, 11) is 1.61. The van der Waals surface area contributed by atoms with Crippen molar-refractivity contribution in [1.29, 1.82) is 0 Å². The molecule has 0 spiro atoms. The van der Waals surface area contributed by atoms with Crippen LogP contribution in [0, 0.1) is 0 Å². The highest BCUT2D eigenvalue weighted by Gasteiger charge is 2.14. The van der Waals surface area contributed by atoms with E-state index in [0.717, 1.165) is 12.8 Å². The summed E-state index contributed by atoms with van der Waals surface area (Å²) in [6.07, 6.45) is 7.39. The van der Waals surface area contributed by atoms with Gasteiger partial charge < -0.3 is 4.74 Å². The Morgan fingerprint density at radius 1 is 1.00 bits per heavy atom. The lowest BCUT2D eigenvalue weighted by Crippen LogP contribution is -2.14. The van der Waals surface area contributed by atoms with Crippen molar-refractivity contribution >= 4 is 19.7 Å². The molecule has 0 bridgehead atoms. The van der Waals surface area contributed by atoms with Gasteiger partial charge in [0, 0.05) is 10.7 Å². The number of rotatable bonds is 3. The molecule has 0 N–H and O–H groups in total. The molecule has 1 fully saturated rings. The molecule has 0 saturated heterocycles. The zero-order valence-electron chi connectivity index (χ0n) is 10.1. The molecule has 1 aromatic carbocycles. The van der Waals surface area contributed by atoms with E-state index in [1.807, 2.05) is 0 Å². The molecule has 0 atom stereocenters. The fraction of sp³-hybridized carbons (Fsp3) is 0.538. The number of ether oxygens (including phenoxy) is 1. The van der Waals surface area contributed by atoms with Gasteiger partial charge in [0.2, 0.25) is 0 Å². The second-order valence-electron chi connectivity index (χ2n) is 4.64. The van der Waals surface area contributed by atoms with Gasteiger partial charge in [0.1, 0.15) is 5.75 Å². The van der Waals surface area contributed by atoms with Crippen LogP contribution in [0.15, 0.2) is 29.2 Å². The molecule has 0 amide bonds. The zero-order valence-corrected chi connectivity index (χ0v) is 11.7. The molecular formula is C13H17ClO3S. The van der Waals surface area contributed by atoms with Crippen LogP contribution in [0.4, 0.5) is 0 Å². The van der Waals surface area contributed by atoms with E-state index in [9.17, 15) is 8.42 Å². The second-order valence-corrected chi connectivity index (χ2v) is 7.21. The number of benzene rings is 1. The van der Waals surface area contributed by atoms with Gasteiger partial charge in [-0.15, -0.1) is 0 Å². The van der Waals surface area contributed by atoms with Crippen LogP contribution >= 0.6 is 10.7 Å². The van der Waals surface area contributed by atoms with E-state index in [4.69, 9.17) is 15.4 Å². The Kier molecular flexibility index (Phi) is 4.51. The Hall–Kier alpha value is -0.740. The van der Waals surface area contributed by atoms with Gasteiger partial charge >= 0.3 is 0 Å². The quantitative estimate of drug-likeness (QED) is 0.629. The number of hydrogen-bond acceptors (Lipinski definition) is 3. The molecule has 3 nitrogen and oxygen atoms in total. The lowest BCUT2D eigenvalue weighted by molar-refractivity contribution is 0.183. The van der Waals surface area contributed by atoms with Gasteiger partial charge in [0.25, 0.3) is 9.05 Å². The number of halogens is 1. The highest BCUT2D eigenvalue weighted by molar-refractivity contribution is 8.13. The van der Waals surface area contributed by atoms with Gasteiger partial charge in [0.15, 0.2) is 0 Å². The van der Waals surface area contributed by atoms with Crippen molar-refractivity contribution in [3.05, 3.63) is 24.3 Å². The highest BCUT2D eigenvalue weighted by atomic mass is 35.7. The second kappa shape index (κ2) is 5.93. The summed E-state index contributed by atoms with van der Waals surface area (Å²) >= 11 is 0. The maximum absolute atomic E-state index is 11.1. The van der Waals surface area contributed by atoms with Crippen LogP contribution in [0.5, 0.6) is 5.75 Å². The van der Waals surface area contributed by atoms with Gasteiger partial charge in [-0.2, -0.15) is 0 Å². The third kappa shape index (κ3) is 3.89. The van der Waals surface area contributed by atoms with E-state index in [1.165, 1.54) is 37.8 Å². The Morgan fingerprint density at radius 3 is 2.06 bits per heavy atom. The monoisotopic (exact) mass is 288 g/mol. The SMILES string of the molecule is O=S(=O)(Cl)c1ccc(OC2CCCCCC2)cc1. The molecule has 0 aliphatic heterocycles. The van der Waals surface area contributed by atoms with Crippen LogP contribution in [0.2, 0.25) is 0 Å². The summed E-state index contributed by atoms with van der Waals surface area (Å²) in [6.45, 7) is 0. The molecule has 5 heteroatoms. The lowest BCUT2D eigenvalue weighted by atomic mass is 10.1. The van der Waals surface area contributed by atoms with Crippen LogP contribution in [-0.4, -0.2) is 14.5 Å². The van der Waals surface area contributed by atoms with Crippen LogP contribution < -0.4 is 4.74 Å². The molecule has 0 aromatic heterocycles. The third-order valence-electron chi connectivity index (χ3n) is 3.21. The molecule has 0 heterocycles. The molecule has 1 saturated carbocycles. The van der Waals surface area contributed by atoms with Gasteiger partial charge in [-0.25, -0.2) is 8.42 Å². The van der Waals surface area contributed by atoms with Gasteiger partial charge in [-0.3, -0.25) is 0 Å². The maximum Gasteiger partial charge on any atom is 0.261 e. The summed E-state index contributed by atoms with van der Waals surface area (Å²) < 4.78 is 28.1. The third-order valence-corrected chi connectivity index (χ3v) is 4.58. The van der Waals surface area contributed by atoms with E-state index in [2.05, 4.69) is 0 Å². The summed E-state index contributed by atoms with van der Waals surface area (Å²) in [4.78, 5) is 0.109. The van der Waals surface area contributed by atoms with Crippen LogP contribution in [0.3, 0.4) is 0 Å². The average molecular weight is 289 g/mol. The van der Waals surface area contributed by atoms with Crippen molar-refractivity contribution in [1.82, 2.24) is 0 Å². The Bertz CT molecular complexity index is 473.